The van der Waals surface area contributed by atoms with Gasteiger partial charge in [0, 0.05) is 13.0 Å². The minimum atomic E-state index is -3.41. The van der Waals surface area contributed by atoms with E-state index in [4.69, 9.17) is 5.11 Å². The van der Waals surface area contributed by atoms with E-state index in [-0.39, 0.29) is 25.1 Å². The summed E-state index contributed by atoms with van der Waals surface area (Å²) in [6.45, 7) is 2.15. The lowest BCUT2D eigenvalue weighted by molar-refractivity contribution is -0.137. The molecule has 0 saturated heterocycles. The molecule has 18 heavy (non-hydrogen) atoms. The van der Waals surface area contributed by atoms with E-state index >= 15 is 0 Å². The molecule has 0 aromatic heterocycles. The normalized spacial score (nSPS) is 11.4. The number of hydrogen-bond donors (Lipinski definition) is 2. The van der Waals surface area contributed by atoms with Crippen molar-refractivity contribution in [2.75, 3.05) is 5.75 Å². The van der Waals surface area contributed by atoms with Crippen molar-refractivity contribution < 1.29 is 18.3 Å². The average Bonchev–Trinajstić information content (AvgIpc) is 2.27. The Morgan fingerprint density at radius 1 is 1.33 bits per heavy atom. The Bertz CT molecular complexity index is 511. The Labute approximate surface area is 107 Å². The van der Waals surface area contributed by atoms with Crippen LogP contribution >= 0.6 is 0 Å². The molecule has 0 bridgehead atoms. The number of aryl methyl sites for hydroxylation is 1. The molecule has 1 aromatic rings. The zero-order chi connectivity index (χ0) is 13.6. The molecule has 0 amide bonds. The van der Waals surface area contributed by atoms with Crippen LogP contribution in [0.15, 0.2) is 24.3 Å². The summed E-state index contributed by atoms with van der Waals surface area (Å²) >= 11 is 0. The molecular weight excluding hydrogens is 254 g/mol. The molecule has 0 unspecified atom stereocenters. The van der Waals surface area contributed by atoms with Crippen LogP contribution in [0.3, 0.4) is 0 Å². The Hall–Kier alpha value is -1.40. The number of rotatable bonds is 7. The Balaban J connectivity index is 2.47. The first-order valence-corrected chi connectivity index (χ1v) is 7.29. The predicted molar refractivity (Wildman–Crippen MR) is 68.7 cm³/mol. The quantitative estimate of drug-likeness (QED) is 0.782. The van der Waals surface area contributed by atoms with Gasteiger partial charge >= 0.3 is 5.97 Å². The lowest BCUT2D eigenvalue weighted by Crippen LogP contribution is -2.26. The van der Waals surface area contributed by atoms with Crippen molar-refractivity contribution in [3.8, 4) is 0 Å². The van der Waals surface area contributed by atoms with Crippen LogP contribution in [0.5, 0.6) is 0 Å². The molecule has 1 aromatic carbocycles. The SMILES string of the molecule is Cc1ccccc1CNS(=O)(=O)CCCC(=O)O. The number of aliphatic carboxylic acids is 1. The summed E-state index contributed by atoms with van der Waals surface area (Å²) in [6.07, 6.45) is -0.0102. The van der Waals surface area contributed by atoms with Gasteiger partial charge in [0.15, 0.2) is 0 Å². The van der Waals surface area contributed by atoms with Crippen molar-refractivity contribution in [1.29, 1.82) is 0 Å². The Morgan fingerprint density at radius 3 is 2.61 bits per heavy atom. The molecule has 6 heteroatoms. The van der Waals surface area contributed by atoms with Crippen molar-refractivity contribution >= 4 is 16.0 Å². The maximum atomic E-state index is 11.6. The number of sulfonamides is 1. The largest absolute Gasteiger partial charge is 0.481 e. The van der Waals surface area contributed by atoms with Crippen LogP contribution in [0.25, 0.3) is 0 Å². The average molecular weight is 271 g/mol. The minimum absolute atomic E-state index is 0.123. The molecular formula is C12H17NO4S. The van der Waals surface area contributed by atoms with Crippen LogP contribution < -0.4 is 4.72 Å². The Morgan fingerprint density at radius 2 is 2.00 bits per heavy atom. The van der Waals surface area contributed by atoms with Gasteiger partial charge in [0.1, 0.15) is 0 Å². The third-order valence-electron chi connectivity index (χ3n) is 2.55. The van der Waals surface area contributed by atoms with Gasteiger partial charge in [-0.05, 0) is 24.5 Å². The van der Waals surface area contributed by atoms with Crippen LogP contribution in [-0.2, 0) is 21.4 Å². The molecule has 0 atom stereocenters. The molecule has 0 aliphatic rings. The summed E-state index contributed by atoms with van der Waals surface area (Å²) < 4.78 is 25.7. The van der Waals surface area contributed by atoms with Gasteiger partial charge in [-0.25, -0.2) is 13.1 Å². The summed E-state index contributed by atoms with van der Waals surface area (Å²) in [5, 5.41) is 8.44. The number of benzene rings is 1. The minimum Gasteiger partial charge on any atom is -0.481 e. The fourth-order valence-corrected chi connectivity index (χ4v) is 2.53. The van der Waals surface area contributed by atoms with Crippen molar-refractivity contribution in [2.24, 2.45) is 0 Å². The van der Waals surface area contributed by atoms with Crippen molar-refractivity contribution in [1.82, 2.24) is 4.72 Å². The fraction of sp³-hybridized carbons (Fsp3) is 0.417. The number of hydrogen-bond acceptors (Lipinski definition) is 3. The maximum Gasteiger partial charge on any atom is 0.303 e. The van der Waals surface area contributed by atoms with Crippen LogP contribution in [0.2, 0.25) is 0 Å². The van der Waals surface area contributed by atoms with Crippen LogP contribution in [0.4, 0.5) is 0 Å². The molecule has 1 rings (SSSR count). The first-order chi connectivity index (χ1) is 8.41. The number of carbonyl (C=O) groups is 1. The first kappa shape index (κ1) is 14.7. The van der Waals surface area contributed by atoms with Gasteiger partial charge < -0.3 is 5.11 Å². The highest BCUT2D eigenvalue weighted by Gasteiger charge is 2.11. The van der Waals surface area contributed by atoms with E-state index in [9.17, 15) is 13.2 Å². The lowest BCUT2D eigenvalue weighted by atomic mass is 10.1. The molecule has 0 radical (unpaired) electrons. The van der Waals surface area contributed by atoms with Gasteiger partial charge in [0.05, 0.1) is 5.75 Å². The van der Waals surface area contributed by atoms with E-state index in [0.29, 0.717) is 0 Å². The van der Waals surface area contributed by atoms with E-state index in [0.717, 1.165) is 11.1 Å². The highest BCUT2D eigenvalue weighted by atomic mass is 32.2. The van der Waals surface area contributed by atoms with Gasteiger partial charge in [-0.15, -0.1) is 0 Å². The van der Waals surface area contributed by atoms with Crippen LogP contribution in [0.1, 0.15) is 24.0 Å². The fourth-order valence-electron chi connectivity index (χ4n) is 1.48. The van der Waals surface area contributed by atoms with E-state index in [1.807, 2.05) is 31.2 Å². The summed E-state index contributed by atoms with van der Waals surface area (Å²) in [7, 11) is -3.41. The van der Waals surface area contributed by atoms with Crippen molar-refractivity contribution in [2.45, 2.75) is 26.3 Å². The van der Waals surface area contributed by atoms with E-state index in [1.165, 1.54) is 0 Å². The molecule has 0 saturated carbocycles. The van der Waals surface area contributed by atoms with E-state index in [2.05, 4.69) is 4.72 Å². The van der Waals surface area contributed by atoms with Gasteiger partial charge in [-0.1, -0.05) is 24.3 Å². The van der Waals surface area contributed by atoms with E-state index in [1.54, 1.807) is 0 Å². The van der Waals surface area contributed by atoms with Crippen LogP contribution in [0, 0.1) is 6.92 Å². The second-order valence-electron chi connectivity index (χ2n) is 4.06. The molecule has 2 N–H and O–H groups in total. The van der Waals surface area contributed by atoms with Crippen molar-refractivity contribution in [3.63, 3.8) is 0 Å². The van der Waals surface area contributed by atoms with Crippen LogP contribution in [-0.4, -0.2) is 25.2 Å². The monoisotopic (exact) mass is 271 g/mol. The number of carboxylic acid groups (broad SMARTS) is 1. The molecule has 5 nitrogen and oxygen atoms in total. The number of carboxylic acids is 1. The second-order valence-corrected chi connectivity index (χ2v) is 5.99. The predicted octanol–water partition coefficient (Wildman–Crippen LogP) is 1.28. The van der Waals surface area contributed by atoms with Gasteiger partial charge in [-0.3, -0.25) is 4.79 Å². The van der Waals surface area contributed by atoms with Gasteiger partial charge in [0.25, 0.3) is 0 Å². The standard InChI is InChI=1S/C12H17NO4S/c1-10-5-2-3-6-11(10)9-13-18(16,17)8-4-7-12(14)15/h2-3,5-6,13H,4,7-9H2,1H3,(H,14,15). The highest BCUT2D eigenvalue weighted by molar-refractivity contribution is 7.89. The van der Waals surface area contributed by atoms with Crippen molar-refractivity contribution in [3.05, 3.63) is 35.4 Å². The maximum absolute atomic E-state index is 11.6. The first-order valence-electron chi connectivity index (χ1n) is 5.64. The third-order valence-corrected chi connectivity index (χ3v) is 3.96. The smallest absolute Gasteiger partial charge is 0.303 e. The summed E-state index contributed by atoms with van der Waals surface area (Å²) in [4.78, 5) is 10.3. The molecule has 0 fully saturated rings. The zero-order valence-corrected chi connectivity index (χ0v) is 11.0. The zero-order valence-electron chi connectivity index (χ0n) is 10.2. The topological polar surface area (TPSA) is 83.5 Å². The molecule has 0 spiro atoms. The Kier molecular flexibility index (Phi) is 5.30. The van der Waals surface area contributed by atoms with Gasteiger partial charge in [0.2, 0.25) is 10.0 Å². The molecule has 100 valence electrons. The molecule has 0 heterocycles. The van der Waals surface area contributed by atoms with E-state index < -0.39 is 16.0 Å². The third kappa shape index (κ3) is 5.29. The lowest BCUT2D eigenvalue weighted by Gasteiger charge is -2.08. The number of nitrogens with one attached hydrogen (secondary N) is 1. The second kappa shape index (κ2) is 6.51. The summed E-state index contributed by atoms with van der Waals surface area (Å²) in [5.41, 5.74) is 1.94. The van der Waals surface area contributed by atoms with Gasteiger partial charge in [-0.2, -0.15) is 0 Å². The summed E-state index contributed by atoms with van der Waals surface area (Å²) in [5.74, 6) is -1.14. The molecule has 0 aliphatic carbocycles. The highest BCUT2D eigenvalue weighted by Crippen LogP contribution is 2.07. The summed E-state index contributed by atoms with van der Waals surface area (Å²) in [6, 6.07) is 7.50. The molecule has 0 aliphatic heterocycles.